The van der Waals surface area contributed by atoms with Crippen molar-refractivity contribution in [2.45, 2.75) is 31.9 Å². The number of aryl methyl sites for hydroxylation is 1. The standard InChI is InChI=1S/C15H17F2N5O.2ClH/c1-10-18-4-5-22(10)13-3-2-11(7-19-13)8-20-14(23)12-6-15(16,17)9-21-12;;/h2-5,7,12,21H,6,8-9H2,1H3,(H,20,23);2*1H. The van der Waals surface area contributed by atoms with Gasteiger partial charge in [-0.1, -0.05) is 6.07 Å². The highest BCUT2D eigenvalue weighted by Gasteiger charge is 2.42. The molecule has 0 bridgehead atoms. The molecule has 1 unspecified atom stereocenters. The van der Waals surface area contributed by atoms with Crippen LogP contribution in [0.15, 0.2) is 30.7 Å². The Labute approximate surface area is 156 Å². The van der Waals surface area contributed by atoms with E-state index in [0.717, 1.165) is 17.2 Å². The summed E-state index contributed by atoms with van der Waals surface area (Å²) in [5, 5.41) is 5.18. The number of carbonyl (C=O) groups excluding carboxylic acids is 1. The van der Waals surface area contributed by atoms with E-state index in [1.807, 2.05) is 29.8 Å². The number of nitrogens with zero attached hydrogens (tertiary/aromatic N) is 3. The second kappa shape index (κ2) is 8.55. The number of amides is 1. The van der Waals surface area contributed by atoms with Gasteiger partial charge in [0.05, 0.1) is 12.6 Å². The molecular formula is C15H19Cl2F2N5O. The Morgan fingerprint density at radius 3 is 2.68 bits per heavy atom. The van der Waals surface area contributed by atoms with Crippen LogP contribution in [-0.2, 0) is 11.3 Å². The van der Waals surface area contributed by atoms with Gasteiger partial charge in [0.2, 0.25) is 5.91 Å². The van der Waals surface area contributed by atoms with Crippen LogP contribution >= 0.6 is 24.8 Å². The lowest BCUT2D eigenvalue weighted by atomic mass is 10.2. The molecule has 3 heterocycles. The van der Waals surface area contributed by atoms with Crippen molar-refractivity contribution in [1.29, 1.82) is 0 Å². The topological polar surface area (TPSA) is 71.8 Å². The molecule has 1 amide bonds. The third kappa shape index (κ3) is 5.10. The molecule has 10 heteroatoms. The summed E-state index contributed by atoms with van der Waals surface area (Å²) >= 11 is 0. The van der Waals surface area contributed by atoms with Gasteiger partial charge in [-0.15, -0.1) is 24.8 Å². The van der Waals surface area contributed by atoms with E-state index >= 15 is 0 Å². The van der Waals surface area contributed by atoms with Gasteiger partial charge in [0, 0.05) is 31.6 Å². The largest absolute Gasteiger partial charge is 0.351 e. The number of imidazole rings is 1. The van der Waals surface area contributed by atoms with Gasteiger partial charge in [0.1, 0.15) is 11.6 Å². The van der Waals surface area contributed by atoms with Gasteiger partial charge in [-0.25, -0.2) is 18.7 Å². The number of hydrogen-bond acceptors (Lipinski definition) is 4. The minimum Gasteiger partial charge on any atom is -0.351 e. The summed E-state index contributed by atoms with van der Waals surface area (Å²) in [6, 6.07) is 2.81. The molecule has 0 aromatic carbocycles. The number of pyridine rings is 1. The Balaban J connectivity index is 0.00000156. The minimum atomic E-state index is -2.81. The Kier molecular flexibility index (Phi) is 7.28. The van der Waals surface area contributed by atoms with Crippen molar-refractivity contribution in [2.24, 2.45) is 0 Å². The van der Waals surface area contributed by atoms with Gasteiger partial charge in [-0.2, -0.15) is 0 Å². The Morgan fingerprint density at radius 2 is 2.16 bits per heavy atom. The van der Waals surface area contributed by atoms with Crippen molar-refractivity contribution in [1.82, 2.24) is 25.2 Å². The molecular weight excluding hydrogens is 375 g/mol. The third-order valence-electron chi connectivity index (χ3n) is 3.77. The summed E-state index contributed by atoms with van der Waals surface area (Å²) in [5.41, 5.74) is 0.796. The second-order valence-electron chi connectivity index (χ2n) is 5.58. The summed E-state index contributed by atoms with van der Waals surface area (Å²) in [6.07, 6.45) is 4.68. The maximum Gasteiger partial charge on any atom is 0.262 e. The molecule has 2 N–H and O–H groups in total. The average Bonchev–Trinajstić information content (AvgIpc) is 3.11. The van der Waals surface area contributed by atoms with Crippen LogP contribution in [0, 0.1) is 6.92 Å². The minimum absolute atomic E-state index is 0. The molecule has 0 aliphatic carbocycles. The summed E-state index contributed by atoms with van der Waals surface area (Å²) < 4.78 is 28.0. The van der Waals surface area contributed by atoms with E-state index in [0.29, 0.717) is 0 Å². The number of hydrogen-bond donors (Lipinski definition) is 2. The van der Waals surface area contributed by atoms with Crippen molar-refractivity contribution in [3.8, 4) is 5.82 Å². The number of rotatable bonds is 4. The lowest BCUT2D eigenvalue weighted by molar-refractivity contribution is -0.123. The summed E-state index contributed by atoms with van der Waals surface area (Å²) in [7, 11) is 0. The molecule has 1 saturated heterocycles. The maximum atomic E-state index is 13.1. The predicted molar refractivity (Wildman–Crippen MR) is 93.8 cm³/mol. The molecule has 1 aliphatic heterocycles. The zero-order valence-electron chi connectivity index (χ0n) is 13.4. The third-order valence-corrected chi connectivity index (χ3v) is 3.77. The van der Waals surface area contributed by atoms with Crippen LogP contribution in [0.25, 0.3) is 5.82 Å². The Hall–Kier alpha value is -1.77. The number of alkyl halides is 2. The Bertz CT molecular complexity index is 708. The molecule has 1 fully saturated rings. The van der Waals surface area contributed by atoms with Gasteiger partial charge < -0.3 is 5.32 Å². The highest BCUT2D eigenvalue weighted by Crippen LogP contribution is 2.25. The van der Waals surface area contributed by atoms with E-state index in [1.54, 1.807) is 12.4 Å². The molecule has 138 valence electrons. The quantitative estimate of drug-likeness (QED) is 0.833. The first-order valence-corrected chi connectivity index (χ1v) is 7.29. The molecule has 6 nitrogen and oxygen atoms in total. The zero-order valence-corrected chi connectivity index (χ0v) is 15.0. The first kappa shape index (κ1) is 21.3. The van der Waals surface area contributed by atoms with Crippen molar-refractivity contribution >= 4 is 30.7 Å². The Morgan fingerprint density at radius 1 is 1.40 bits per heavy atom. The summed E-state index contributed by atoms with van der Waals surface area (Å²) in [6.45, 7) is 1.67. The SMILES string of the molecule is Cc1nccn1-c1ccc(CNC(=O)C2CC(F)(F)CN2)cn1.Cl.Cl. The van der Waals surface area contributed by atoms with E-state index in [1.165, 1.54) is 0 Å². The number of halogens is 4. The fourth-order valence-electron chi connectivity index (χ4n) is 2.50. The van der Waals surface area contributed by atoms with E-state index in [9.17, 15) is 13.6 Å². The molecule has 1 aliphatic rings. The van der Waals surface area contributed by atoms with Gasteiger partial charge in [-0.05, 0) is 18.6 Å². The summed E-state index contributed by atoms with van der Waals surface area (Å²) in [5.74, 6) is -1.68. The lowest BCUT2D eigenvalue weighted by Gasteiger charge is -2.11. The first-order valence-electron chi connectivity index (χ1n) is 7.29. The molecule has 1 atom stereocenters. The van der Waals surface area contributed by atoms with Crippen LogP contribution in [0.5, 0.6) is 0 Å². The normalized spacial score (nSPS) is 18.1. The maximum absolute atomic E-state index is 13.1. The molecule has 2 aromatic heterocycles. The van der Waals surface area contributed by atoms with Crippen LogP contribution in [0.1, 0.15) is 17.8 Å². The molecule has 0 radical (unpaired) electrons. The monoisotopic (exact) mass is 393 g/mol. The molecule has 3 rings (SSSR count). The number of carbonyl (C=O) groups is 1. The van der Waals surface area contributed by atoms with Crippen molar-refractivity contribution in [2.75, 3.05) is 6.54 Å². The fourth-order valence-corrected chi connectivity index (χ4v) is 2.50. The molecule has 25 heavy (non-hydrogen) atoms. The molecule has 0 saturated carbocycles. The van der Waals surface area contributed by atoms with Gasteiger partial charge >= 0.3 is 0 Å². The van der Waals surface area contributed by atoms with Gasteiger partial charge in [0.25, 0.3) is 5.92 Å². The van der Waals surface area contributed by atoms with Crippen LogP contribution < -0.4 is 10.6 Å². The van der Waals surface area contributed by atoms with Crippen LogP contribution in [0.2, 0.25) is 0 Å². The smallest absolute Gasteiger partial charge is 0.262 e. The van der Waals surface area contributed by atoms with Gasteiger partial charge in [-0.3, -0.25) is 14.7 Å². The first-order chi connectivity index (χ1) is 10.9. The van der Waals surface area contributed by atoms with Gasteiger partial charge in [0.15, 0.2) is 0 Å². The van der Waals surface area contributed by atoms with E-state index < -0.39 is 30.8 Å². The van der Waals surface area contributed by atoms with E-state index in [2.05, 4.69) is 20.6 Å². The number of nitrogens with one attached hydrogen (secondary N) is 2. The molecule has 2 aromatic rings. The second-order valence-corrected chi connectivity index (χ2v) is 5.58. The van der Waals surface area contributed by atoms with Crippen LogP contribution in [-0.4, -0.2) is 39.0 Å². The van der Waals surface area contributed by atoms with Crippen molar-refractivity contribution < 1.29 is 13.6 Å². The highest BCUT2D eigenvalue weighted by molar-refractivity contribution is 5.85. The van der Waals surface area contributed by atoms with E-state index in [-0.39, 0.29) is 31.4 Å². The van der Waals surface area contributed by atoms with Crippen molar-refractivity contribution in [3.05, 3.63) is 42.1 Å². The predicted octanol–water partition coefficient (Wildman–Crippen LogP) is 2.03. The molecule has 0 spiro atoms. The van der Waals surface area contributed by atoms with Crippen LogP contribution in [0.3, 0.4) is 0 Å². The number of aromatic nitrogens is 3. The highest BCUT2D eigenvalue weighted by atomic mass is 35.5. The van der Waals surface area contributed by atoms with Crippen molar-refractivity contribution in [3.63, 3.8) is 0 Å². The van der Waals surface area contributed by atoms with Crippen LogP contribution in [0.4, 0.5) is 8.78 Å². The average molecular weight is 394 g/mol. The lowest BCUT2D eigenvalue weighted by Crippen LogP contribution is -2.40. The summed E-state index contributed by atoms with van der Waals surface area (Å²) in [4.78, 5) is 20.3. The zero-order chi connectivity index (χ0) is 16.4. The van der Waals surface area contributed by atoms with E-state index in [4.69, 9.17) is 0 Å². The fraction of sp³-hybridized carbons (Fsp3) is 0.400.